The molecule has 27 heavy (non-hydrogen) atoms. The molecule has 5 heteroatoms. The van der Waals surface area contributed by atoms with Crippen molar-refractivity contribution in [2.24, 2.45) is 5.92 Å². The van der Waals surface area contributed by atoms with Gasteiger partial charge in [-0.3, -0.25) is 4.79 Å². The van der Waals surface area contributed by atoms with Gasteiger partial charge in [-0.25, -0.2) is 9.37 Å². The molecule has 2 aromatic heterocycles. The molecule has 2 N–H and O–H groups in total. The van der Waals surface area contributed by atoms with E-state index >= 15 is 0 Å². The van der Waals surface area contributed by atoms with Crippen molar-refractivity contribution >= 4 is 10.8 Å². The first-order chi connectivity index (χ1) is 13.0. The van der Waals surface area contributed by atoms with Gasteiger partial charge in [0.25, 0.3) is 5.56 Å². The van der Waals surface area contributed by atoms with E-state index in [1.165, 1.54) is 6.07 Å². The van der Waals surface area contributed by atoms with Gasteiger partial charge in [-0.2, -0.15) is 0 Å². The summed E-state index contributed by atoms with van der Waals surface area (Å²) in [7, 11) is 0. The van der Waals surface area contributed by atoms with Crippen LogP contribution < -0.4 is 5.56 Å². The third kappa shape index (κ3) is 3.16. The highest BCUT2D eigenvalue weighted by Crippen LogP contribution is 2.29. The molecule has 0 bridgehead atoms. The maximum absolute atomic E-state index is 14.1. The molecule has 0 aliphatic rings. The average molecular weight is 361 g/mol. The number of fused-ring (bicyclic) bond motifs is 1. The molecular formula is C22H20FN3O. The Hall–Kier alpha value is -3.21. The lowest BCUT2D eigenvalue weighted by Gasteiger charge is -2.18. The van der Waals surface area contributed by atoms with Crippen LogP contribution in [0.5, 0.6) is 0 Å². The first-order valence-electron chi connectivity index (χ1n) is 8.96. The Morgan fingerprint density at radius 3 is 2.63 bits per heavy atom. The van der Waals surface area contributed by atoms with Gasteiger partial charge in [0, 0.05) is 35.0 Å². The van der Waals surface area contributed by atoms with E-state index < -0.39 is 0 Å². The van der Waals surface area contributed by atoms with Gasteiger partial charge in [-0.05, 0) is 35.1 Å². The van der Waals surface area contributed by atoms with Crippen molar-refractivity contribution in [3.63, 3.8) is 0 Å². The Balaban J connectivity index is 1.78. The molecule has 4 rings (SSSR count). The zero-order chi connectivity index (χ0) is 19.0. The summed E-state index contributed by atoms with van der Waals surface area (Å²) in [6.07, 6.45) is 3.45. The number of nitrogens with zero attached hydrogens (tertiary/aromatic N) is 1. The van der Waals surface area contributed by atoms with E-state index in [0.29, 0.717) is 16.6 Å². The lowest BCUT2D eigenvalue weighted by molar-refractivity contribution is 0.538. The molecular weight excluding hydrogens is 341 g/mol. The van der Waals surface area contributed by atoms with Gasteiger partial charge < -0.3 is 9.97 Å². The number of H-pyrrole nitrogens is 2. The highest BCUT2D eigenvalue weighted by atomic mass is 19.1. The van der Waals surface area contributed by atoms with Gasteiger partial charge in [0.15, 0.2) is 0 Å². The van der Waals surface area contributed by atoms with Crippen molar-refractivity contribution in [3.05, 3.63) is 88.5 Å². The fourth-order valence-corrected chi connectivity index (χ4v) is 3.57. The molecule has 0 aliphatic carbocycles. The van der Waals surface area contributed by atoms with Crippen molar-refractivity contribution in [1.29, 1.82) is 0 Å². The molecule has 0 spiro atoms. The largest absolute Gasteiger partial charge is 0.348 e. The Morgan fingerprint density at radius 2 is 1.93 bits per heavy atom. The predicted octanol–water partition coefficient (Wildman–Crippen LogP) is 4.85. The summed E-state index contributed by atoms with van der Waals surface area (Å²) in [6.45, 7) is 4.12. The van der Waals surface area contributed by atoms with Crippen molar-refractivity contribution < 1.29 is 4.39 Å². The van der Waals surface area contributed by atoms with Gasteiger partial charge in [0.05, 0.1) is 0 Å². The highest BCUT2D eigenvalue weighted by Gasteiger charge is 2.23. The number of pyridine rings is 1. The fourth-order valence-electron chi connectivity index (χ4n) is 3.57. The second kappa shape index (κ2) is 6.83. The van der Waals surface area contributed by atoms with E-state index in [1.54, 1.807) is 24.5 Å². The quantitative estimate of drug-likeness (QED) is 0.546. The molecule has 4 nitrogen and oxygen atoms in total. The van der Waals surface area contributed by atoms with E-state index in [4.69, 9.17) is 0 Å². The monoisotopic (exact) mass is 361 g/mol. The van der Waals surface area contributed by atoms with Crippen LogP contribution in [0.25, 0.3) is 22.0 Å². The zero-order valence-electron chi connectivity index (χ0n) is 15.2. The molecule has 0 saturated carbocycles. The fraction of sp³-hybridized carbons (Fsp3) is 0.182. The van der Waals surface area contributed by atoms with Crippen LogP contribution in [0.1, 0.15) is 31.2 Å². The van der Waals surface area contributed by atoms with E-state index in [1.807, 2.05) is 30.3 Å². The maximum Gasteiger partial charge on any atom is 0.252 e. The number of aromatic nitrogens is 3. The molecule has 1 unspecified atom stereocenters. The maximum atomic E-state index is 14.1. The minimum atomic E-state index is -0.272. The molecule has 0 saturated heterocycles. The molecule has 136 valence electrons. The number of nitrogens with one attached hydrogen (secondary N) is 2. The first kappa shape index (κ1) is 17.2. The number of hydrogen-bond acceptors (Lipinski definition) is 2. The van der Waals surface area contributed by atoms with Crippen LogP contribution in [0.2, 0.25) is 0 Å². The number of halogens is 1. The summed E-state index contributed by atoms with van der Waals surface area (Å²) in [5.41, 5.74) is 1.94. The molecule has 0 aliphatic heterocycles. The lowest BCUT2D eigenvalue weighted by Crippen LogP contribution is -2.21. The van der Waals surface area contributed by atoms with Gasteiger partial charge >= 0.3 is 0 Å². The third-order valence-electron chi connectivity index (χ3n) is 4.90. The Morgan fingerprint density at radius 1 is 1.07 bits per heavy atom. The Labute approximate surface area is 156 Å². The molecule has 2 aromatic carbocycles. The standard InChI is InChI=1S/C22H20FN3O/c1-13(2)20(21-24-10-11-25-21)16-8-9-19(26-22(16)27)15-7-6-14-4-3-5-18(23)17(14)12-15/h3-13,20H,1-2H3,(H,24,25)(H,26,27). The first-order valence-corrected chi connectivity index (χ1v) is 8.96. The summed E-state index contributed by atoms with van der Waals surface area (Å²) in [6, 6.07) is 14.2. The summed E-state index contributed by atoms with van der Waals surface area (Å²) in [5, 5.41) is 1.37. The second-order valence-corrected chi connectivity index (χ2v) is 7.03. The minimum absolute atomic E-state index is 0.119. The van der Waals surface area contributed by atoms with Gasteiger partial charge in [-0.1, -0.05) is 44.2 Å². The normalized spacial score (nSPS) is 12.6. The van der Waals surface area contributed by atoms with Crippen LogP contribution in [0.4, 0.5) is 4.39 Å². The number of benzene rings is 2. The average Bonchev–Trinajstić information content (AvgIpc) is 3.17. The number of aromatic amines is 2. The summed E-state index contributed by atoms with van der Waals surface area (Å²) < 4.78 is 14.1. The predicted molar refractivity (Wildman–Crippen MR) is 105 cm³/mol. The SMILES string of the molecule is CC(C)C(c1ncc[nH]1)c1ccc(-c2ccc3cccc(F)c3c2)[nH]c1=O. The van der Waals surface area contributed by atoms with Gasteiger partial charge in [0.2, 0.25) is 0 Å². The van der Waals surface area contributed by atoms with Crippen molar-refractivity contribution in [3.8, 4) is 11.3 Å². The van der Waals surface area contributed by atoms with Gasteiger partial charge in [0.1, 0.15) is 11.6 Å². The number of hydrogen-bond donors (Lipinski definition) is 2. The topological polar surface area (TPSA) is 61.5 Å². The molecule has 0 fully saturated rings. The zero-order valence-corrected chi connectivity index (χ0v) is 15.2. The van der Waals surface area contributed by atoms with Crippen molar-refractivity contribution in [2.75, 3.05) is 0 Å². The highest BCUT2D eigenvalue weighted by molar-refractivity contribution is 5.87. The van der Waals surface area contributed by atoms with Crippen molar-refractivity contribution in [1.82, 2.24) is 15.0 Å². The molecule has 2 heterocycles. The number of rotatable bonds is 4. The van der Waals surface area contributed by atoms with Crippen LogP contribution >= 0.6 is 0 Å². The molecule has 0 amide bonds. The van der Waals surface area contributed by atoms with E-state index in [-0.39, 0.29) is 23.2 Å². The van der Waals surface area contributed by atoms with Crippen LogP contribution in [-0.2, 0) is 0 Å². The van der Waals surface area contributed by atoms with E-state index in [2.05, 4.69) is 28.8 Å². The van der Waals surface area contributed by atoms with E-state index in [0.717, 1.165) is 16.8 Å². The lowest BCUT2D eigenvalue weighted by atomic mass is 9.88. The van der Waals surface area contributed by atoms with Crippen LogP contribution in [0.3, 0.4) is 0 Å². The smallest absolute Gasteiger partial charge is 0.252 e. The third-order valence-corrected chi connectivity index (χ3v) is 4.90. The molecule has 4 aromatic rings. The molecule has 0 radical (unpaired) electrons. The van der Waals surface area contributed by atoms with Crippen LogP contribution in [-0.4, -0.2) is 15.0 Å². The van der Waals surface area contributed by atoms with Crippen LogP contribution in [0, 0.1) is 11.7 Å². The Bertz CT molecular complexity index is 1150. The summed E-state index contributed by atoms with van der Waals surface area (Å²) >= 11 is 0. The second-order valence-electron chi connectivity index (χ2n) is 7.03. The summed E-state index contributed by atoms with van der Waals surface area (Å²) in [5.74, 6) is 0.590. The summed E-state index contributed by atoms with van der Waals surface area (Å²) in [4.78, 5) is 23.2. The Kier molecular flexibility index (Phi) is 4.36. The van der Waals surface area contributed by atoms with Crippen molar-refractivity contribution in [2.45, 2.75) is 19.8 Å². The minimum Gasteiger partial charge on any atom is -0.348 e. The van der Waals surface area contributed by atoms with Gasteiger partial charge in [-0.15, -0.1) is 0 Å². The number of imidazole rings is 1. The molecule has 1 atom stereocenters. The van der Waals surface area contributed by atoms with E-state index in [9.17, 15) is 9.18 Å². The van der Waals surface area contributed by atoms with Crippen LogP contribution in [0.15, 0.2) is 65.7 Å².